The predicted octanol–water partition coefficient (Wildman–Crippen LogP) is 2.81. The Morgan fingerprint density at radius 3 is 2.68 bits per heavy atom. The molecule has 1 heterocycles. The molecule has 0 radical (unpaired) electrons. The van der Waals surface area contributed by atoms with Gasteiger partial charge in [0.2, 0.25) is 10.0 Å². The quantitative estimate of drug-likeness (QED) is 0.751. The number of amides is 1. The Morgan fingerprint density at radius 2 is 2.00 bits per heavy atom. The molecule has 0 spiro atoms. The SMILES string of the molecule is C=CCOc1ccc(NC(=O)[C@H]2CCN(S(C)(=O)=O)c3ccccc3O2)cc1. The Kier molecular flexibility index (Phi) is 5.89. The van der Waals surface area contributed by atoms with Crippen molar-refractivity contribution < 1.29 is 22.7 Å². The molecule has 148 valence electrons. The number of anilines is 2. The number of rotatable bonds is 6. The average Bonchev–Trinajstić information content (AvgIpc) is 2.87. The van der Waals surface area contributed by atoms with Gasteiger partial charge in [0.15, 0.2) is 6.10 Å². The Morgan fingerprint density at radius 1 is 1.29 bits per heavy atom. The van der Waals surface area contributed by atoms with Crippen LogP contribution in [0.1, 0.15) is 6.42 Å². The van der Waals surface area contributed by atoms with E-state index in [2.05, 4.69) is 11.9 Å². The molecule has 0 fully saturated rings. The van der Waals surface area contributed by atoms with E-state index in [1.165, 1.54) is 4.31 Å². The van der Waals surface area contributed by atoms with Gasteiger partial charge in [-0.05, 0) is 36.4 Å². The summed E-state index contributed by atoms with van der Waals surface area (Å²) in [6, 6.07) is 13.7. The molecular weight excluding hydrogens is 380 g/mol. The molecule has 0 saturated heterocycles. The molecule has 0 aromatic heterocycles. The number of para-hydroxylation sites is 2. The highest BCUT2D eigenvalue weighted by atomic mass is 32.2. The Balaban J connectivity index is 1.74. The van der Waals surface area contributed by atoms with Crippen LogP contribution in [-0.2, 0) is 14.8 Å². The highest BCUT2D eigenvalue weighted by Crippen LogP contribution is 2.34. The third-order valence-electron chi connectivity index (χ3n) is 4.18. The van der Waals surface area contributed by atoms with Crippen LogP contribution in [0.3, 0.4) is 0 Å². The molecule has 1 amide bonds. The fourth-order valence-corrected chi connectivity index (χ4v) is 3.82. The minimum absolute atomic E-state index is 0.155. The summed E-state index contributed by atoms with van der Waals surface area (Å²) in [5.74, 6) is 0.685. The van der Waals surface area contributed by atoms with Crippen LogP contribution in [0.2, 0.25) is 0 Å². The number of nitrogens with zero attached hydrogens (tertiary/aromatic N) is 1. The van der Waals surface area contributed by atoms with Crippen LogP contribution in [0.15, 0.2) is 61.2 Å². The summed E-state index contributed by atoms with van der Waals surface area (Å²) < 4.78 is 36.8. The van der Waals surface area contributed by atoms with E-state index in [0.29, 0.717) is 29.5 Å². The average molecular weight is 402 g/mol. The second-order valence-electron chi connectivity index (χ2n) is 6.31. The molecule has 8 heteroatoms. The van der Waals surface area contributed by atoms with Gasteiger partial charge >= 0.3 is 0 Å². The van der Waals surface area contributed by atoms with E-state index in [0.717, 1.165) is 6.26 Å². The minimum atomic E-state index is -3.48. The van der Waals surface area contributed by atoms with E-state index in [9.17, 15) is 13.2 Å². The lowest BCUT2D eigenvalue weighted by atomic mass is 10.2. The molecule has 0 saturated carbocycles. The van der Waals surface area contributed by atoms with Gasteiger partial charge in [0.25, 0.3) is 5.91 Å². The fraction of sp³-hybridized carbons (Fsp3) is 0.250. The van der Waals surface area contributed by atoms with Crippen LogP contribution in [0, 0.1) is 0 Å². The first kappa shape index (κ1) is 19.8. The number of carbonyl (C=O) groups excluding carboxylic acids is 1. The summed E-state index contributed by atoms with van der Waals surface area (Å²) in [6.45, 7) is 4.15. The molecular formula is C20H22N2O5S. The van der Waals surface area contributed by atoms with E-state index < -0.39 is 16.1 Å². The van der Waals surface area contributed by atoms with Crippen LogP contribution < -0.4 is 19.1 Å². The molecule has 0 aliphatic carbocycles. The summed E-state index contributed by atoms with van der Waals surface area (Å²) in [5.41, 5.74) is 1.03. The van der Waals surface area contributed by atoms with Gasteiger partial charge in [0.05, 0.1) is 11.9 Å². The Labute approximate surface area is 164 Å². The minimum Gasteiger partial charge on any atom is -0.490 e. The van der Waals surface area contributed by atoms with Crippen molar-refractivity contribution in [1.82, 2.24) is 0 Å². The number of hydrogen-bond donors (Lipinski definition) is 1. The highest BCUT2D eigenvalue weighted by Gasteiger charge is 2.31. The molecule has 28 heavy (non-hydrogen) atoms. The Bertz CT molecular complexity index is 957. The van der Waals surface area contributed by atoms with Gasteiger partial charge in [0, 0.05) is 18.7 Å². The van der Waals surface area contributed by atoms with Gasteiger partial charge in [-0.2, -0.15) is 0 Å². The van der Waals surface area contributed by atoms with Crippen molar-refractivity contribution in [2.75, 3.05) is 29.0 Å². The smallest absolute Gasteiger partial charge is 0.265 e. The summed E-state index contributed by atoms with van der Waals surface area (Å²) in [7, 11) is -3.48. The van der Waals surface area contributed by atoms with Crippen molar-refractivity contribution in [3.05, 3.63) is 61.2 Å². The Hall–Kier alpha value is -3.00. The number of sulfonamides is 1. The molecule has 1 atom stereocenters. The first-order valence-electron chi connectivity index (χ1n) is 8.76. The zero-order valence-electron chi connectivity index (χ0n) is 15.5. The third-order valence-corrected chi connectivity index (χ3v) is 5.36. The number of ether oxygens (including phenoxy) is 2. The lowest BCUT2D eigenvalue weighted by Crippen LogP contribution is -2.35. The van der Waals surface area contributed by atoms with Crippen molar-refractivity contribution in [2.45, 2.75) is 12.5 Å². The zero-order valence-corrected chi connectivity index (χ0v) is 16.3. The molecule has 3 rings (SSSR count). The second kappa shape index (κ2) is 8.35. The summed E-state index contributed by atoms with van der Waals surface area (Å²) >= 11 is 0. The summed E-state index contributed by atoms with van der Waals surface area (Å²) in [6.07, 6.45) is 2.20. The van der Waals surface area contributed by atoms with Gasteiger partial charge in [-0.15, -0.1) is 0 Å². The molecule has 2 aromatic carbocycles. The first-order valence-corrected chi connectivity index (χ1v) is 10.6. The van der Waals surface area contributed by atoms with E-state index in [-0.39, 0.29) is 18.9 Å². The molecule has 0 bridgehead atoms. The van der Waals surface area contributed by atoms with Crippen LogP contribution in [0.25, 0.3) is 0 Å². The zero-order chi connectivity index (χ0) is 20.1. The van der Waals surface area contributed by atoms with Gasteiger partial charge in [-0.25, -0.2) is 8.42 Å². The molecule has 1 N–H and O–H groups in total. The van der Waals surface area contributed by atoms with Crippen molar-refractivity contribution in [3.63, 3.8) is 0 Å². The van der Waals surface area contributed by atoms with Crippen molar-refractivity contribution in [2.24, 2.45) is 0 Å². The fourth-order valence-electron chi connectivity index (χ4n) is 2.87. The number of nitrogens with one attached hydrogen (secondary N) is 1. The lowest BCUT2D eigenvalue weighted by Gasteiger charge is -2.20. The van der Waals surface area contributed by atoms with Crippen molar-refractivity contribution in [1.29, 1.82) is 0 Å². The number of hydrogen-bond acceptors (Lipinski definition) is 5. The second-order valence-corrected chi connectivity index (χ2v) is 8.22. The topological polar surface area (TPSA) is 84.9 Å². The largest absolute Gasteiger partial charge is 0.490 e. The highest BCUT2D eigenvalue weighted by molar-refractivity contribution is 7.92. The first-order chi connectivity index (χ1) is 13.4. The van der Waals surface area contributed by atoms with E-state index >= 15 is 0 Å². The van der Waals surface area contributed by atoms with Crippen molar-refractivity contribution in [3.8, 4) is 11.5 Å². The normalized spacial score (nSPS) is 16.3. The molecule has 0 unspecified atom stereocenters. The maximum absolute atomic E-state index is 12.7. The standard InChI is InChI=1S/C20H22N2O5S/c1-3-14-26-16-10-8-15(9-11-16)21-20(23)19-12-13-22(28(2,24)25)17-6-4-5-7-18(17)27-19/h3-11,19H,1,12-14H2,2H3,(H,21,23)/t19-/m1/s1. The molecule has 1 aliphatic heterocycles. The van der Waals surface area contributed by atoms with Crippen LogP contribution in [-0.4, -0.2) is 39.8 Å². The summed E-state index contributed by atoms with van der Waals surface area (Å²) in [5, 5.41) is 2.80. The molecule has 7 nitrogen and oxygen atoms in total. The molecule has 1 aliphatic rings. The summed E-state index contributed by atoms with van der Waals surface area (Å²) in [4.78, 5) is 12.7. The van der Waals surface area contributed by atoms with E-state index in [1.54, 1.807) is 54.6 Å². The van der Waals surface area contributed by atoms with Crippen LogP contribution in [0.4, 0.5) is 11.4 Å². The number of benzene rings is 2. The third kappa shape index (κ3) is 4.64. The lowest BCUT2D eigenvalue weighted by molar-refractivity contribution is -0.122. The number of carbonyl (C=O) groups is 1. The maximum atomic E-state index is 12.7. The number of fused-ring (bicyclic) bond motifs is 1. The predicted molar refractivity (Wildman–Crippen MR) is 108 cm³/mol. The van der Waals surface area contributed by atoms with E-state index in [1.807, 2.05) is 0 Å². The monoisotopic (exact) mass is 402 g/mol. The van der Waals surface area contributed by atoms with E-state index in [4.69, 9.17) is 9.47 Å². The van der Waals surface area contributed by atoms with Crippen LogP contribution in [0.5, 0.6) is 11.5 Å². The van der Waals surface area contributed by atoms with Gasteiger partial charge < -0.3 is 14.8 Å². The molecule has 2 aromatic rings. The van der Waals surface area contributed by atoms with Crippen LogP contribution >= 0.6 is 0 Å². The van der Waals surface area contributed by atoms with Gasteiger partial charge in [-0.3, -0.25) is 9.10 Å². The maximum Gasteiger partial charge on any atom is 0.265 e. The van der Waals surface area contributed by atoms with Gasteiger partial charge in [-0.1, -0.05) is 24.8 Å². The van der Waals surface area contributed by atoms with Gasteiger partial charge in [0.1, 0.15) is 18.1 Å². The van der Waals surface area contributed by atoms with Crippen molar-refractivity contribution >= 4 is 27.3 Å².